The number of halogens is 1. The van der Waals surface area contributed by atoms with Crippen molar-refractivity contribution in [1.29, 1.82) is 0 Å². The number of ether oxygens (including phenoxy) is 3. The van der Waals surface area contributed by atoms with Crippen molar-refractivity contribution in [2.75, 3.05) is 49.7 Å². The van der Waals surface area contributed by atoms with Gasteiger partial charge in [-0.2, -0.15) is 5.10 Å². The SMILES string of the molecule is COCCn1cc2c(Cl)c(-c3cn(COCCS(C)(C)C)c4nc(N5[C@@H]6CCC[C@H]5C[C@@H](NC(=O)OC(C)(C)C)C6)cnc34)ccc2n1. The molecule has 2 aliphatic heterocycles. The van der Waals surface area contributed by atoms with Crippen LogP contribution in [0.5, 0.6) is 0 Å². The maximum atomic E-state index is 12.6. The maximum Gasteiger partial charge on any atom is 0.407 e. The second kappa shape index (κ2) is 14.0. The first kappa shape index (κ1) is 34.8. The van der Waals surface area contributed by atoms with E-state index in [2.05, 4.69) is 44.8 Å². The number of aromatic nitrogens is 5. The molecule has 0 unspecified atom stereocenters. The van der Waals surface area contributed by atoms with Gasteiger partial charge in [-0.05, 0) is 77.7 Å². The van der Waals surface area contributed by atoms with Gasteiger partial charge in [-0.1, -0.05) is 17.7 Å². The smallest absolute Gasteiger partial charge is 0.407 e. The molecule has 1 N–H and O–H groups in total. The minimum atomic E-state index is -0.677. The standard InChI is InChI=1S/C35H50ClN7O4S/c1-35(2,3)47-34(44)38-23-17-24-9-8-10-25(18-23)43(24)30-19-37-32-27(20-41(33(32)39-30)22-46-15-16-48(5,6)7)26-11-12-29-28(31(26)36)21-42(40-29)13-14-45-4/h11-12,19-21,23-25H,8-10,13-18,22H2,1-7H3,(H,38,44)/t23-,24+,25-. The number of benzene rings is 1. The van der Waals surface area contributed by atoms with Crippen molar-refractivity contribution in [2.24, 2.45) is 0 Å². The monoisotopic (exact) mass is 699 g/mol. The largest absolute Gasteiger partial charge is 0.444 e. The minimum absolute atomic E-state index is 0.0628. The molecule has 4 aromatic rings. The van der Waals surface area contributed by atoms with Crippen LogP contribution in [0.4, 0.5) is 10.6 Å². The van der Waals surface area contributed by atoms with E-state index in [-0.39, 0.29) is 24.2 Å². The quantitative estimate of drug-likeness (QED) is 0.170. The number of hydrogen-bond acceptors (Lipinski definition) is 8. The second-order valence-corrected chi connectivity index (χ2v) is 19.9. The molecule has 1 aromatic carbocycles. The lowest BCUT2D eigenvalue weighted by molar-refractivity contribution is 0.0482. The van der Waals surface area contributed by atoms with E-state index in [4.69, 9.17) is 35.8 Å². The third kappa shape index (κ3) is 7.87. The third-order valence-corrected chi connectivity index (χ3v) is 10.9. The van der Waals surface area contributed by atoms with Crippen LogP contribution in [0.15, 0.2) is 30.7 Å². The lowest BCUT2D eigenvalue weighted by Gasteiger charge is -2.49. The number of amides is 1. The molecule has 0 aliphatic carbocycles. The molecule has 48 heavy (non-hydrogen) atoms. The van der Waals surface area contributed by atoms with Gasteiger partial charge < -0.3 is 29.0 Å². The Kier molecular flexibility index (Phi) is 10.2. The van der Waals surface area contributed by atoms with Crippen molar-refractivity contribution >= 4 is 55.6 Å². The van der Waals surface area contributed by atoms with Crippen LogP contribution in [0.25, 0.3) is 33.2 Å². The van der Waals surface area contributed by atoms with Crippen molar-refractivity contribution in [2.45, 2.75) is 89.9 Å². The van der Waals surface area contributed by atoms with Crippen molar-refractivity contribution in [3.05, 3.63) is 35.7 Å². The zero-order chi connectivity index (χ0) is 34.2. The topological polar surface area (TPSA) is 109 Å². The summed E-state index contributed by atoms with van der Waals surface area (Å²) < 4.78 is 21.0. The number of nitrogens with one attached hydrogen (secondary N) is 1. The van der Waals surface area contributed by atoms with E-state index in [0.29, 0.717) is 31.5 Å². The predicted molar refractivity (Wildman–Crippen MR) is 196 cm³/mol. The fourth-order valence-electron chi connectivity index (χ4n) is 6.89. The average Bonchev–Trinajstić information content (AvgIpc) is 3.58. The van der Waals surface area contributed by atoms with Crippen LogP contribution in [-0.2, 0) is 27.5 Å². The number of rotatable bonds is 11. The zero-order valence-corrected chi connectivity index (χ0v) is 30.9. The van der Waals surface area contributed by atoms with Gasteiger partial charge in [-0.15, -0.1) is 0 Å². The van der Waals surface area contributed by atoms with E-state index in [1.54, 1.807) is 7.11 Å². The van der Waals surface area contributed by atoms with Gasteiger partial charge in [0.2, 0.25) is 0 Å². The van der Waals surface area contributed by atoms with E-state index in [9.17, 15) is 4.79 Å². The van der Waals surface area contributed by atoms with Crippen molar-refractivity contribution in [1.82, 2.24) is 29.6 Å². The molecule has 11 nitrogen and oxygen atoms in total. The van der Waals surface area contributed by atoms with Gasteiger partial charge >= 0.3 is 6.09 Å². The summed E-state index contributed by atoms with van der Waals surface area (Å²) in [6, 6.07) is 4.59. The first-order valence-electron chi connectivity index (χ1n) is 16.8. The fraction of sp³-hybridized carbons (Fsp3) is 0.600. The Bertz CT molecular complexity index is 1750. The number of hydrogen-bond donors (Lipinski definition) is 1. The number of fused-ring (bicyclic) bond motifs is 4. The van der Waals surface area contributed by atoms with Gasteiger partial charge in [-0.25, -0.2) is 24.8 Å². The fourth-order valence-corrected chi connectivity index (χ4v) is 7.82. The molecule has 0 saturated carbocycles. The summed E-state index contributed by atoms with van der Waals surface area (Å²) in [5.74, 6) is 1.89. The van der Waals surface area contributed by atoms with Gasteiger partial charge in [0.1, 0.15) is 23.7 Å². The highest BCUT2D eigenvalue weighted by molar-refractivity contribution is 8.32. The summed E-state index contributed by atoms with van der Waals surface area (Å²) in [5.41, 5.74) is 3.64. The normalized spacial score (nSPS) is 20.4. The first-order valence-corrected chi connectivity index (χ1v) is 20.2. The number of carbonyl (C=O) groups is 1. The number of methoxy groups -OCH3 is 1. The van der Waals surface area contributed by atoms with E-state index in [0.717, 1.165) is 76.9 Å². The molecule has 262 valence electrons. The van der Waals surface area contributed by atoms with Gasteiger partial charge in [0, 0.05) is 59.9 Å². The molecular formula is C35H50ClN7O4S. The predicted octanol–water partition coefficient (Wildman–Crippen LogP) is 6.83. The Balaban J connectivity index is 1.32. The summed E-state index contributed by atoms with van der Waals surface area (Å²) in [4.78, 5) is 25.4. The summed E-state index contributed by atoms with van der Waals surface area (Å²) in [7, 11) is 1.01. The highest BCUT2D eigenvalue weighted by Crippen LogP contribution is 2.41. The molecule has 2 fully saturated rings. The lowest BCUT2D eigenvalue weighted by atomic mass is 9.82. The zero-order valence-electron chi connectivity index (χ0n) is 29.3. The van der Waals surface area contributed by atoms with Gasteiger partial charge in [0.15, 0.2) is 5.65 Å². The summed E-state index contributed by atoms with van der Waals surface area (Å²) in [6.45, 7) is 7.93. The number of piperidine rings is 2. The molecule has 3 aromatic heterocycles. The third-order valence-electron chi connectivity index (χ3n) is 9.07. The second-order valence-electron chi connectivity index (χ2n) is 15.0. The molecule has 13 heteroatoms. The van der Waals surface area contributed by atoms with Gasteiger partial charge in [-0.3, -0.25) is 4.68 Å². The maximum absolute atomic E-state index is 12.6. The molecule has 6 rings (SSSR count). The molecule has 2 bridgehead atoms. The first-order chi connectivity index (χ1) is 22.8. The van der Waals surface area contributed by atoms with E-state index < -0.39 is 15.6 Å². The number of carbonyl (C=O) groups excluding carboxylic acids is 1. The van der Waals surface area contributed by atoms with Crippen LogP contribution in [0, 0.1) is 0 Å². The number of nitrogens with zero attached hydrogens (tertiary/aromatic N) is 6. The van der Waals surface area contributed by atoms with Crippen LogP contribution < -0.4 is 10.2 Å². The molecule has 1 amide bonds. The van der Waals surface area contributed by atoms with Crippen LogP contribution in [0.1, 0.15) is 52.9 Å². The molecule has 3 atom stereocenters. The van der Waals surface area contributed by atoms with Crippen molar-refractivity contribution < 1.29 is 19.0 Å². The highest BCUT2D eigenvalue weighted by atomic mass is 35.5. The van der Waals surface area contributed by atoms with Crippen LogP contribution in [0.2, 0.25) is 5.02 Å². The number of anilines is 1. The Hall–Kier alpha value is -3.06. The molecule has 0 radical (unpaired) electrons. The van der Waals surface area contributed by atoms with Crippen molar-refractivity contribution in [3.63, 3.8) is 0 Å². The molecule has 2 saturated heterocycles. The lowest BCUT2D eigenvalue weighted by Crippen LogP contribution is -2.57. The Morgan fingerprint density at radius 3 is 2.52 bits per heavy atom. The summed E-state index contributed by atoms with van der Waals surface area (Å²) in [6.07, 6.45) is 17.4. The van der Waals surface area contributed by atoms with Crippen LogP contribution >= 0.6 is 21.6 Å². The van der Waals surface area contributed by atoms with E-state index >= 15 is 0 Å². The Morgan fingerprint density at radius 2 is 1.83 bits per heavy atom. The number of alkyl carbamates (subject to hydrolysis) is 1. The molecule has 5 heterocycles. The van der Waals surface area contributed by atoms with Crippen LogP contribution in [-0.4, -0.2) is 99.0 Å². The van der Waals surface area contributed by atoms with Gasteiger partial charge in [0.25, 0.3) is 0 Å². The average molecular weight is 700 g/mol. The minimum Gasteiger partial charge on any atom is -0.444 e. The Morgan fingerprint density at radius 1 is 1.08 bits per heavy atom. The molecule has 0 spiro atoms. The van der Waals surface area contributed by atoms with Crippen molar-refractivity contribution in [3.8, 4) is 11.1 Å². The molecule has 2 aliphatic rings. The van der Waals surface area contributed by atoms with E-state index in [1.807, 2.05) is 50.0 Å². The van der Waals surface area contributed by atoms with Gasteiger partial charge in [0.05, 0.1) is 36.5 Å². The Labute approximate surface area is 290 Å². The van der Waals surface area contributed by atoms with Crippen LogP contribution in [0.3, 0.4) is 0 Å². The highest BCUT2D eigenvalue weighted by Gasteiger charge is 2.40. The molecular weight excluding hydrogens is 650 g/mol. The van der Waals surface area contributed by atoms with E-state index in [1.165, 1.54) is 0 Å². The summed E-state index contributed by atoms with van der Waals surface area (Å²) >= 11 is 7.10. The summed E-state index contributed by atoms with van der Waals surface area (Å²) in [5, 5.41) is 9.33.